The molecule has 1 aliphatic rings. The molecule has 68 valence electrons. The van der Waals surface area contributed by atoms with Gasteiger partial charge in [0.15, 0.2) is 0 Å². The minimum atomic E-state index is 1.32. The largest absolute Gasteiger partial charge is 0.303 e. The summed E-state index contributed by atoms with van der Waals surface area (Å²) in [4.78, 5) is 2.57. The summed E-state index contributed by atoms with van der Waals surface area (Å²) in [5, 5.41) is 0. The summed E-state index contributed by atoms with van der Waals surface area (Å²) < 4.78 is 0. The van der Waals surface area contributed by atoms with Crippen LogP contribution in [-0.2, 0) is 0 Å². The van der Waals surface area contributed by atoms with Crippen molar-refractivity contribution in [2.75, 3.05) is 25.9 Å². The predicted molar refractivity (Wildman–Crippen MR) is 55.5 cm³/mol. The number of hydrogen-bond acceptors (Lipinski definition) is 2. The number of nitrogens with zero attached hydrogens (tertiary/aromatic N) is 1. The van der Waals surface area contributed by atoms with Crippen molar-refractivity contribution in [1.29, 1.82) is 0 Å². The maximum absolute atomic E-state index is 3.53. The fraction of sp³-hybridized carbons (Fsp3) is 1.00. The standard InChI is InChI=1S/C8H17N.CH4S/c1-2-6-9-7-4-3-5-8-9;1-2/h2-8H2,1H3;2H,1H3. The van der Waals surface area contributed by atoms with E-state index in [1.54, 1.807) is 6.26 Å². The van der Waals surface area contributed by atoms with Gasteiger partial charge < -0.3 is 4.90 Å². The van der Waals surface area contributed by atoms with Crippen molar-refractivity contribution in [2.45, 2.75) is 32.6 Å². The van der Waals surface area contributed by atoms with Gasteiger partial charge in [0.1, 0.15) is 0 Å². The molecule has 0 aromatic heterocycles. The average molecular weight is 175 g/mol. The molecule has 1 nitrogen and oxygen atoms in total. The van der Waals surface area contributed by atoms with Gasteiger partial charge in [-0.15, -0.1) is 0 Å². The fourth-order valence-corrected chi connectivity index (χ4v) is 1.50. The van der Waals surface area contributed by atoms with Crippen LogP contribution >= 0.6 is 12.6 Å². The number of piperidine rings is 1. The van der Waals surface area contributed by atoms with Crippen molar-refractivity contribution < 1.29 is 0 Å². The summed E-state index contributed by atoms with van der Waals surface area (Å²) >= 11 is 3.53. The molecule has 0 amide bonds. The van der Waals surface area contributed by atoms with Crippen LogP contribution < -0.4 is 0 Å². The Morgan fingerprint density at radius 2 is 1.64 bits per heavy atom. The third-order valence-electron chi connectivity index (χ3n) is 1.99. The second kappa shape index (κ2) is 8.41. The minimum Gasteiger partial charge on any atom is -0.303 e. The SMILES string of the molecule is CCCN1CCCCC1.CS. The lowest BCUT2D eigenvalue weighted by molar-refractivity contribution is 0.229. The van der Waals surface area contributed by atoms with Gasteiger partial charge in [0.25, 0.3) is 0 Å². The Balaban J connectivity index is 0.000000461. The molecule has 0 bridgehead atoms. The van der Waals surface area contributed by atoms with E-state index < -0.39 is 0 Å². The Labute approximate surface area is 76.6 Å². The molecule has 0 unspecified atom stereocenters. The van der Waals surface area contributed by atoms with Crippen LogP contribution in [0.2, 0.25) is 0 Å². The number of likely N-dealkylation sites (tertiary alicyclic amines) is 1. The molecule has 0 radical (unpaired) electrons. The Kier molecular flexibility index (Phi) is 8.64. The van der Waals surface area contributed by atoms with Crippen LogP contribution in [0.15, 0.2) is 0 Å². The van der Waals surface area contributed by atoms with E-state index in [2.05, 4.69) is 24.5 Å². The highest BCUT2D eigenvalue weighted by Gasteiger charge is 2.07. The highest BCUT2D eigenvalue weighted by Crippen LogP contribution is 2.07. The molecule has 0 spiro atoms. The van der Waals surface area contributed by atoms with Crippen LogP contribution in [0.1, 0.15) is 32.6 Å². The summed E-state index contributed by atoms with van der Waals surface area (Å²) in [6, 6.07) is 0. The Morgan fingerprint density at radius 1 is 1.09 bits per heavy atom. The Hall–Kier alpha value is 0.310. The average Bonchev–Trinajstić information content (AvgIpc) is 2.11. The summed E-state index contributed by atoms with van der Waals surface area (Å²) in [7, 11) is 0. The highest BCUT2D eigenvalue weighted by atomic mass is 32.1. The van der Waals surface area contributed by atoms with Gasteiger partial charge in [-0.1, -0.05) is 13.3 Å². The highest BCUT2D eigenvalue weighted by molar-refractivity contribution is 7.79. The van der Waals surface area contributed by atoms with Crippen LogP contribution in [0, 0.1) is 0 Å². The fourth-order valence-electron chi connectivity index (χ4n) is 1.50. The van der Waals surface area contributed by atoms with Crippen molar-refractivity contribution in [3.8, 4) is 0 Å². The molecule has 11 heavy (non-hydrogen) atoms. The van der Waals surface area contributed by atoms with E-state index in [9.17, 15) is 0 Å². The van der Waals surface area contributed by atoms with Crippen molar-refractivity contribution in [1.82, 2.24) is 4.90 Å². The minimum absolute atomic E-state index is 1.32. The molecule has 0 N–H and O–H groups in total. The van der Waals surface area contributed by atoms with Gasteiger partial charge in [0, 0.05) is 0 Å². The molecule has 1 saturated heterocycles. The number of thiol groups is 1. The molecule has 0 aliphatic carbocycles. The monoisotopic (exact) mass is 175 g/mol. The van der Waals surface area contributed by atoms with E-state index in [-0.39, 0.29) is 0 Å². The zero-order valence-corrected chi connectivity index (χ0v) is 8.74. The Bertz CT molecular complexity index is 67.2. The lowest BCUT2D eigenvalue weighted by Crippen LogP contribution is -2.30. The zero-order valence-electron chi connectivity index (χ0n) is 7.84. The molecule has 0 aromatic carbocycles. The van der Waals surface area contributed by atoms with Crippen molar-refractivity contribution in [3.05, 3.63) is 0 Å². The van der Waals surface area contributed by atoms with Gasteiger partial charge >= 0.3 is 0 Å². The summed E-state index contributed by atoms with van der Waals surface area (Å²) in [5.74, 6) is 0. The van der Waals surface area contributed by atoms with Crippen molar-refractivity contribution in [3.63, 3.8) is 0 Å². The molecule has 0 atom stereocenters. The number of hydrogen-bond donors (Lipinski definition) is 1. The summed E-state index contributed by atoms with van der Waals surface area (Å²) in [6.07, 6.45) is 7.33. The van der Waals surface area contributed by atoms with Gasteiger partial charge in [-0.25, -0.2) is 0 Å². The van der Waals surface area contributed by atoms with Crippen molar-refractivity contribution >= 4 is 12.6 Å². The van der Waals surface area contributed by atoms with Gasteiger partial charge in [0.05, 0.1) is 0 Å². The predicted octanol–water partition coefficient (Wildman–Crippen LogP) is 2.43. The third kappa shape index (κ3) is 5.57. The van der Waals surface area contributed by atoms with Gasteiger partial charge in [-0.05, 0) is 45.2 Å². The molecule has 1 aliphatic heterocycles. The third-order valence-corrected chi connectivity index (χ3v) is 1.99. The molecule has 0 aromatic rings. The van der Waals surface area contributed by atoms with Crippen LogP contribution in [0.4, 0.5) is 0 Å². The molecular weight excluding hydrogens is 154 g/mol. The van der Waals surface area contributed by atoms with Gasteiger partial charge in [0.2, 0.25) is 0 Å². The molecule has 1 heterocycles. The van der Waals surface area contributed by atoms with Crippen LogP contribution in [0.5, 0.6) is 0 Å². The first-order valence-electron chi connectivity index (χ1n) is 4.60. The van der Waals surface area contributed by atoms with Gasteiger partial charge in [-0.2, -0.15) is 12.6 Å². The maximum atomic E-state index is 3.53. The van der Waals surface area contributed by atoms with E-state index in [0.717, 1.165) is 0 Å². The van der Waals surface area contributed by atoms with E-state index in [1.165, 1.54) is 45.3 Å². The normalized spacial score (nSPS) is 18.8. The van der Waals surface area contributed by atoms with E-state index in [0.29, 0.717) is 0 Å². The zero-order chi connectivity index (χ0) is 8.53. The second-order valence-corrected chi connectivity index (χ2v) is 2.90. The van der Waals surface area contributed by atoms with E-state index in [1.807, 2.05) is 0 Å². The lowest BCUT2D eigenvalue weighted by atomic mass is 10.1. The van der Waals surface area contributed by atoms with Crippen LogP contribution in [-0.4, -0.2) is 30.8 Å². The van der Waals surface area contributed by atoms with Crippen molar-refractivity contribution in [2.24, 2.45) is 0 Å². The topological polar surface area (TPSA) is 3.24 Å². The summed E-state index contributed by atoms with van der Waals surface area (Å²) in [6.45, 7) is 6.29. The molecule has 2 heteroatoms. The van der Waals surface area contributed by atoms with Crippen LogP contribution in [0.25, 0.3) is 0 Å². The van der Waals surface area contributed by atoms with Crippen LogP contribution in [0.3, 0.4) is 0 Å². The first kappa shape index (κ1) is 11.3. The first-order valence-corrected chi connectivity index (χ1v) is 5.50. The molecular formula is C9H21NS. The number of rotatable bonds is 2. The van der Waals surface area contributed by atoms with Gasteiger partial charge in [-0.3, -0.25) is 0 Å². The molecule has 1 rings (SSSR count). The lowest BCUT2D eigenvalue weighted by Gasteiger charge is -2.25. The second-order valence-electron chi connectivity index (χ2n) is 2.90. The smallest absolute Gasteiger partial charge is 0.00187 e. The molecule has 1 fully saturated rings. The van der Waals surface area contributed by atoms with E-state index >= 15 is 0 Å². The quantitative estimate of drug-likeness (QED) is 0.631. The summed E-state index contributed by atoms with van der Waals surface area (Å²) in [5.41, 5.74) is 0. The maximum Gasteiger partial charge on any atom is -0.00187 e. The molecule has 0 saturated carbocycles. The Morgan fingerprint density at radius 3 is 2.09 bits per heavy atom. The first-order chi connectivity index (χ1) is 5.43. The van der Waals surface area contributed by atoms with E-state index in [4.69, 9.17) is 0 Å².